The van der Waals surface area contributed by atoms with Gasteiger partial charge in [-0.2, -0.15) is 4.21 Å². The molecule has 0 N–H and O–H groups in total. The van der Waals surface area contributed by atoms with E-state index in [1.807, 2.05) is 170 Å². The van der Waals surface area contributed by atoms with Gasteiger partial charge in [0.15, 0.2) is 12.5 Å². The summed E-state index contributed by atoms with van der Waals surface area (Å²) in [4.78, 5) is 55.7. The van der Waals surface area contributed by atoms with Crippen molar-refractivity contribution in [2.45, 2.75) is 229 Å². The summed E-state index contributed by atoms with van der Waals surface area (Å²) in [6, 6.07) is 63.3. The van der Waals surface area contributed by atoms with Crippen LogP contribution in [-0.2, 0) is 132 Å². The van der Waals surface area contributed by atoms with Crippen LogP contribution in [0.4, 0.5) is 0 Å². The van der Waals surface area contributed by atoms with Crippen LogP contribution in [0.25, 0.3) is 0 Å². The molecule has 8 rings (SSSR count). The first-order valence-corrected chi connectivity index (χ1v) is 52.4. The molecule has 0 radical (unpaired) electrons. The molecule has 0 aromatic heterocycles. The third kappa shape index (κ3) is 38.1. The van der Waals surface area contributed by atoms with E-state index in [9.17, 15) is 19.6 Å². The first kappa shape index (κ1) is 94.7. The number of unbranched alkanes of at least 4 members (excludes halogenated alkanes) is 8. The maximum Gasteiger partial charge on any atom is 4.00 e. The SMILES string of the molecule is CCCCc1ccccc1OP([O-])(=S)Sc1ccccc1CCCC.CCCCc1ccccc1OP([O-])(=S)Sc1ccccc1CCCC.CCCCc1ccccc1OP([O-])(=S)Sc1ccccc1CCCC.CCCCc1ccccc1OP([O-])(=S)Sc1ccccc1CCCC.O=S.[Mo+4]. The predicted octanol–water partition coefficient (Wildman–Crippen LogP) is 24.2. The summed E-state index contributed by atoms with van der Waals surface area (Å²) in [5.74, 6) is 2.64. The van der Waals surface area contributed by atoms with E-state index in [4.69, 9.17) is 69.5 Å². The zero-order valence-electron chi connectivity index (χ0n) is 61.0. The fourth-order valence-electron chi connectivity index (χ4n) is 10.4. The van der Waals surface area contributed by atoms with E-state index in [0.717, 1.165) is 196 Å². The molecule has 9 nitrogen and oxygen atoms in total. The Kier molecular flexibility index (Phi) is 49.8. The molecule has 8 aromatic carbocycles. The third-order valence-corrected chi connectivity index (χ3v) is 30.3. The number of aryl methyl sites for hydroxylation is 8. The van der Waals surface area contributed by atoms with Crippen molar-refractivity contribution in [3.05, 3.63) is 239 Å². The number of hydrogen-bond acceptors (Lipinski definition) is 18. The van der Waals surface area contributed by atoms with Crippen LogP contribution in [0.5, 0.6) is 23.0 Å². The van der Waals surface area contributed by atoms with Crippen molar-refractivity contribution in [1.29, 1.82) is 0 Å². The molecule has 0 amide bonds. The molecule has 0 aliphatic rings. The van der Waals surface area contributed by atoms with Crippen LogP contribution in [0.1, 0.15) is 203 Å². The standard InChI is InChI=1S/4C20H27O2PS2.Mo.OS/c4*1-3-5-11-17-13-7-9-15-19(17)22-23(21,24)25-20-16-10-8-14-18(20)12-6-4-2;;1-2/h4*7-10,13-16H,3-6,11-12H2,1-2H3,(H,21,24);;/q;;;;+4;/p-4. The second kappa shape index (κ2) is 54.2. The van der Waals surface area contributed by atoms with Crippen molar-refractivity contribution < 1.29 is 62.9 Å². The summed E-state index contributed by atoms with van der Waals surface area (Å²) in [6.45, 7) is 17.3. The Hall–Kier alpha value is -2.49. The van der Waals surface area contributed by atoms with E-state index in [1.165, 1.54) is 67.8 Å². The molecule has 23 heteroatoms. The summed E-state index contributed by atoms with van der Waals surface area (Å²) in [7, 11) is 0. The van der Waals surface area contributed by atoms with Gasteiger partial charge in [0, 0.05) is 19.6 Å². The van der Waals surface area contributed by atoms with Crippen LogP contribution < -0.4 is 37.7 Å². The summed E-state index contributed by atoms with van der Waals surface area (Å²) in [5.41, 5.74) is -3.92. The van der Waals surface area contributed by atoms with Crippen LogP contribution >= 0.6 is 68.3 Å². The van der Waals surface area contributed by atoms with Gasteiger partial charge in [-0.05, 0) is 196 Å². The Morgan fingerprint density at radius 2 is 0.388 bits per heavy atom. The molecule has 8 aromatic rings. The molecule has 0 saturated heterocycles. The van der Waals surface area contributed by atoms with Gasteiger partial charge < -0.3 is 37.7 Å². The van der Waals surface area contributed by atoms with Gasteiger partial charge in [0.25, 0.3) is 0 Å². The molecule has 103 heavy (non-hydrogen) atoms. The third-order valence-electron chi connectivity index (χ3n) is 15.9. The van der Waals surface area contributed by atoms with Gasteiger partial charge in [-0.15, -0.1) is 0 Å². The first-order valence-electron chi connectivity index (χ1n) is 35.8. The molecule has 0 aliphatic carbocycles. The van der Waals surface area contributed by atoms with Crippen molar-refractivity contribution in [3.63, 3.8) is 0 Å². The average Bonchev–Trinajstić information content (AvgIpc) is 0.854. The zero-order chi connectivity index (χ0) is 74.5. The summed E-state index contributed by atoms with van der Waals surface area (Å²) < 4.78 is 31.1. The number of benzene rings is 8. The van der Waals surface area contributed by atoms with E-state index in [1.54, 1.807) is 0 Å². The molecular weight excluding hydrogens is 1610 g/mol. The minimum absolute atomic E-state index is 0. The summed E-state index contributed by atoms with van der Waals surface area (Å²) in [5, 5.41) is 0. The molecule has 558 valence electrons. The number of rotatable bonds is 40. The molecule has 0 saturated carbocycles. The van der Waals surface area contributed by atoms with Crippen molar-refractivity contribution in [2.24, 2.45) is 0 Å². The van der Waals surface area contributed by atoms with Crippen molar-refractivity contribution in [1.82, 2.24) is 0 Å². The second-order valence-corrected chi connectivity index (χ2v) is 47.5. The molecule has 0 bridgehead atoms. The predicted molar refractivity (Wildman–Crippen MR) is 452 cm³/mol. The maximum absolute atomic E-state index is 13.0. The quantitative estimate of drug-likeness (QED) is 0.0265. The van der Waals surface area contributed by atoms with Gasteiger partial charge in [0.05, 0.1) is 0 Å². The first-order chi connectivity index (χ1) is 49.2. The normalized spacial score (nSPS) is 13.0. The van der Waals surface area contributed by atoms with E-state index in [0.29, 0.717) is 23.0 Å². The molecule has 4 atom stereocenters. The van der Waals surface area contributed by atoms with Gasteiger partial charge in [0.2, 0.25) is 0 Å². The molecule has 0 heterocycles. The second-order valence-electron chi connectivity index (χ2n) is 24.2. The summed E-state index contributed by atoms with van der Waals surface area (Å²) >= 11 is 29.0. The van der Waals surface area contributed by atoms with Crippen LogP contribution in [0.2, 0.25) is 0 Å². The smallest absolute Gasteiger partial charge is 0.783 e. The van der Waals surface area contributed by atoms with Crippen LogP contribution in [0, 0.1) is 0 Å². The summed E-state index contributed by atoms with van der Waals surface area (Å²) in [6.07, 6.45) is 25.3. The molecular formula is C80H104MoO9P4S9. The van der Waals surface area contributed by atoms with Gasteiger partial charge >= 0.3 is 21.1 Å². The largest absolute Gasteiger partial charge is 4.00 e. The van der Waals surface area contributed by atoms with E-state index < -0.39 is 22.8 Å². The van der Waals surface area contributed by atoms with Gasteiger partial charge in [-0.3, -0.25) is 0 Å². The fourth-order valence-corrected chi connectivity index (χ4v) is 25.2. The Balaban J connectivity index is 0.000000353. The minimum atomic E-state index is -3.25. The van der Waals surface area contributed by atoms with Crippen molar-refractivity contribution in [3.8, 4) is 23.0 Å². The number of para-hydroxylation sites is 4. The number of hydrogen-bond donors (Lipinski definition) is 0. The van der Waals surface area contributed by atoms with E-state index >= 15 is 0 Å². The Morgan fingerprint density at radius 1 is 0.252 bits per heavy atom. The minimum Gasteiger partial charge on any atom is -0.783 e. The Bertz CT molecular complexity index is 3170. The van der Waals surface area contributed by atoms with Crippen molar-refractivity contribution in [2.75, 3.05) is 0 Å². The average molecular weight is 1720 g/mol. The van der Waals surface area contributed by atoms with E-state index in [2.05, 4.69) is 92.2 Å². The monoisotopic (exact) mass is 1720 g/mol. The Morgan fingerprint density at radius 3 is 0.553 bits per heavy atom. The topological polar surface area (TPSA) is 146 Å². The molecule has 0 aliphatic heterocycles. The fraction of sp³-hybridized carbons (Fsp3) is 0.400. The molecule has 4 unspecified atom stereocenters. The van der Waals surface area contributed by atoms with Crippen molar-refractivity contribution >= 4 is 128 Å². The van der Waals surface area contributed by atoms with Gasteiger partial charge in [0.1, 0.15) is 45.8 Å². The van der Waals surface area contributed by atoms with Crippen LogP contribution in [0.3, 0.4) is 0 Å². The van der Waals surface area contributed by atoms with Crippen LogP contribution in [-0.4, -0.2) is 4.21 Å². The van der Waals surface area contributed by atoms with Gasteiger partial charge in [-0.25, -0.2) is 0 Å². The van der Waals surface area contributed by atoms with Gasteiger partial charge in [-0.1, -0.05) is 345 Å². The molecule has 0 spiro atoms. The Labute approximate surface area is 675 Å². The van der Waals surface area contributed by atoms with E-state index in [-0.39, 0.29) is 21.1 Å². The van der Waals surface area contributed by atoms with Crippen LogP contribution in [0.15, 0.2) is 214 Å². The molecule has 0 fully saturated rings. The maximum atomic E-state index is 13.0. The zero-order valence-corrected chi connectivity index (χ0v) is 73.9.